The molecule has 1 fully saturated rings. The second-order valence-corrected chi connectivity index (χ2v) is 9.59. The first kappa shape index (κ1) is 26.7. The smallest absolute Gasteiger partial charge is 0.326 e. The molecule has 1 unspecified atom stereocenters. The quantitative estimate of drug-likeness (QED) is 0.296. The van der Waals surface area contributed by atoms with E-state index in [0.29, 0.717) is 12.3 Å². The highest BCUT2D eigenvalue weighted by Crippen LogP contribution is 2.17. The number of carbonyl (C=O) groups is 3. The molecule has 1 saturated heterocycles. The monoisotopic (exact) mass is 482 g/mol. The van der Waals surface area contributed by atoms with Gasteiger partial charge >= 0.3 is 5.97 Å². The van der Waals surface area contributed by atoms with Crippen LogP contribution in [0, 0.1) is 5.92 Å². The topological polar surface area (TPSA) is 143 Å². The van der Waals surface area contributed by atoms with Crippen LogP contribution in [0.4, 0.5) is 0 Å². The predicted molar refractivity (Wildman–Crippen MR) is 123 cm³/mol. The van der Waals surface area contributed by atoms with Gasteiger partial charge in [0.15, 0.2) is 0 Å². The predicted octanol–water partition coefficient (Wildman–Crippen LogP) is 0.299. The van der Waals surface area contributed by atoms with Crippen LogP contribution in [0.3, 0.4) is 0 Å². The minimum atomic E-state index is -3.98. The van der Waals surface area contributed by atoms with E-state index >= 15 is 0 Å². The Morgan fingerprint density at radius 1 is 1.06 bits per heavy atom. The maximum atomic E-state index is 12.5. The van der Waals surface area contributed by atoms with Crippen molar-refractivity contribution >= 4 is 27.8 Å². The molecule has 0 bridgehead atoms. The van der Waals surface area contributed by atoms with E-state index in [1.165, 1.54) is 12.1 Å². The minimum Gasteiger partial charge on any atom is -0.465 e. The van der Waals surface area contributed by atoms with Gasteiger partial charge in [0.05, 0.1) is 11.5 Å². The summed E-state index contributed by atoms with van der Waals surface area (Å²) in [6, 6.07) is 6.33. The SMILES string of the molecule is CCOC(=O)C(CNC(=O)CCNC(=O)CCC1CCNCC1)NS(=O)(=O)c1ccccc1. The molecule has 2 amide bonds. The van der Waals surface area contributed by atoms with E-state index in [0.717, 1.165) is 32.4 Å². The number of ether oxygens (including phenoxy) is 1. The number of esters is 1. The minimum absolute atomic E-state index is 0.00201. The van der Waals surface area contributed by atoms with E-state index < -0.39 is 27.9 Å². The van der Waals surface area contributed by atoms with Crippen LogP contribution in [0.2, 0.25) is 0 Å². The molecule has 0 radical (unpaired) electrons. The van der Waals surface area contributed by atoms with Gasteiger partial charge < -0.3 is 20.7 Å². The molecule has 0 aliphatic carbocycles. The molecule has 1 aromatic carbocycles. The number of piperidine rings is 1. The summed E-state index contributed by atoms with van der Waals surface area (Å²) in [7, 11) is -3.98. The van der Waals surface area contributed by atoms with Crippen LogP contribution in [0.1, 0.15) is 39.0 Å². The van der Waals surface area contributed by atoms with Crippen LogP contribution in [0.25, 0.3) is 0 Å². The van der Waals surface area contributed by atoms with Crippen LogP contribution in [-0.2, 0) is 29.1 Å². The lowest BCUT2D eigenvalue weighted by Gasteiger charge is -2.22. The molecule has 4 N–H and O–H groups in total. The zero-order chi connectivity index (χ0) is 24.1. The standard InChI is InChI=1S/C22H34N4O6S/c1-2-32-22(29)19(26-33(30,31)18-6-4-3-5-7-18)16-25-21(28)12-15-24-20(27)9-8-17-10-13-23-14-11-17/h3-7,17,19,23,26H,2,8-16H2,1H3,(H,24,27)(H,25,28). The average Bonchev–Trinajstić information content (AvgIpc) is 2.81. The Labute approximate surface area is 195 Å². The number of rotatable bonds is 13. The lowest BCUT2D eigenvalue weighted by Crippen LogP contribution is -2.49. The third kappa shape index (κ3) is 9.89. The molecule has 1 aromatic rings. The maximum Gasteiger partial charge on any atom is 0.326 e. The highest BCUT2D eigenvalue weighted by Gasteiger charge is 2.27. The van der Waals surface area contributed by atoms with Crippen LogP contribution in [0.15, 0.2) is 35.2 Å². The summed E-state index contributed by atoms with van der Waals surface area (Å²) < 4.78 is 32.3. The van der Waals surface area contributed by atoms with E-state index in [2.05, 4.69) is 20.7 Å². The van der Waals surface area contributed by atoms with E-state index in [9.17, 15) is 22.8 Å². The molecule has 0 spiro atoms. The molecule has 0 saturated carbocycles. The van der Waals surface area contributed by atoms with Crippen molar-refractivity contribution < 1.29 is 27.5 Å². The lowest BCUT2D eigenvalue weighted by molar-refractivity contribution is -0.145. The number of amides is 2. The van der Waals surface area contributed by atoms with Crippen molar-refractivity contribution in [2.75, 3.05) is 32.8 Å². The Kier molecular flexibility index (Phi) is 11.3. The molecule has 11 heteroatoms. The van der Waals surface area contributed by atoms with Gasteiger partial charge in [-0.2, -0.15) is 4.72 Å². The van der Waals surface area contributed by atoms with Crippen molar-refractivity contribution in [2.45, 2.75) is 50.0 Å². The van der Waals surface area contributed by atoms with Crippen LogP contribution in [0.5, 0.6) is 0 Å². The summed E-state index contributed by atoms with van der Waals surface area (Å²) >= 11 is 0. The van der Waals surface area contributed by atoms with Gasteiger partial charge in [-0.15, -0.1) is 0 Å². The van der Waals surface area contributed by atoms with Gasteiger partial charge in [0.25, 0.3) is 0 Å². The van der Waals surface area contributed by atoms with Crippen LogP contribution >= 0.6 is 0 Å². The van der Waals surface area contributed by atoms with Crippen LogP contribution in [-0.4, -0.2) is 65.0 Å². The second kappa shape index (κ2) is 13.9. The van der Waals surface area contributed by atoms with E-state index in [1.807, 2.05) is 0 Å². The zero-order valence-electron chi connectivity index (χ0n) is 19.0. The molecule has 2 rings (SSSR count). The molecule has 184 valence electrons. The molecule has 1 aliphatic rings. The summed E-state index contributed by atoms with van der Waals surface area (Å²) in [5.74, 6) is -0.744. The first-order chi connectivity index (χ1) is 15.8. The molecule has 33 heavy (non-hydrogen) atoms. The van der Waals surface area contributed by atoms with Gasteiger partial charge in [-0.1, -0.05) is 18.2 Å². The fourth-order valence-corrected chi connectivity index (χ4v) is 4.69. The number of hydrogen-bond acceptors (Lipinski definition) is 7. The Balaban J connectivity index is 1.76. The molecule has 0 aromatic heterocycles. The Morgan fingerprint density at radius 2 is 1.73 bits per heavy atom. The first-order valence-corrected chi connectivity index (χ1v) is 12.8. The second-order valence-electron chi connectivity index (χ2n) is 7.88. The van der Waals surface area contributed by atoms with Gasteiger partial charge in [0.2, 0.25) is 21.8 Å². The fraction of sp³-hybridized carbons (Fsp3) is 0.591. The molecule has 1 atom stereocenters. The Morgan fingerprint density at radius 3 is 2.39 bits per heavy atom. The summed E-state index contributed by atoms with van der Waals surface area (Å²) in [4.78, 5) is 36.3. The van der Waals surface area contributed by atoms with Crippen LogP contribution < -0.4 is 20.7 Å². The van der Waals surface area contributed by atoms with E-state index in [1.54, 1.807) is 25.1 Å². The molecule has 1 aliphatic heterocycles. The largest absolute Gasteiger partial charge is 0.465 e. The molecular weight excluding hydrogens is 448 g/mol. The van der Waals surface area contributed by atoms with Crippen molar-refractivity contribution in [1.82, 2.24) is 20.7 Å². The van der Waals surface area contributed by atoms with E-state index in [-0.39, 0.29) is 36.9 Å². The summed E-state index contributed by atoms with van der Waals surface area (Å²) in [6.45, 7) is 3.54. The highest BCUT2D eigenvalue weighted by molar-refractivity contribution is 7.89. The van der Waals surface area contributed by atoms with Gasteiger partial charge in [0, 0.05) is 25.9 Å². The summed E-state index contributed by atoms with van der Waals surface area (Å²) in [6.07, 6.45) is 3.43. The molecule has 1 heterocycles. The van der Waals surface area contributed by atoms with Gasteiger partial charge in [-0.25, -0.2) is 8.42 Å². The van der Waals surface area contributed by atoms with Crippen molar-refractivity contribution in [3.63, 3.8) is 0 Å². The number of hydrogen-bond donors (Lipinski definition) is 4. The first-order valence-electron chi connectivity index (χ1n) is 11.3. The van der Waals surface area contributed by atoms with Gasteiger partial charge in [0.1, 0.15) is 6.04 Å². The van der Waals surface area contributed by atoms with Crippen molar-refractivity contribution in [3.8, 4) is 0 Å². The lowest BCUT2D eigenvalue weighted by atomic mass is 9.93. The molecular formula is C22H34N4O6S. The normalized spacial score (nSPS) is 15.4. The number of carbonyl (C=O) groups excluding carboxylic acids is 3. The zero-order valence-corrected chi connectivity index (χ0v) is 19.8. The summed E-state index contributed by atoms with van der Waals surface area (Å²) in [5.41, 5.74) is 0. The van der Waals surface area contributed by atoms with Crippen molar-refractivity contribution in [1.29, 1.82) is 0 Å². The number of nitrogens with one attached hydrogen (secondary N) is 4. The fourth-order valence-electron chi connectivity index (χ4n) is 3.48. The van der Waals surface area contributed by atoms with Gasteiger partial charge in [-0.3, -0.25) is 14.4 Å². The van der Waals surface area contributed by atoms with Crippen molar-refractivity contribution in [3.05, 3.63) is 30.3 Å². The highest BCUT2D eigenvalue weighted by atomic mass is 32.2. The average molecular weight is 483 g/mol. The van der Waals surface area contributed by atoms with E-state index in [4.69, 9.17) is 4.74 Å². The third-order valence-electron chi connectivity index (χ3n) is 5.34. The van der Waals surface area contributed by atoms with Gasteiger partial charge in [-0.05, 0) is 57.3 Å². The maximum absolute atomic E-state index is 12.5. The third-order valence-corrected chi connectivity index (χ3v) is 6.83. The Hall–Kier alpha value is -2.50. The Bertz CT molecular complexity index is 872. The molecule has 10 nitrogen and oxygen atoms in total. The number of sulfonamides is 1. The van der Waals surface area contributed by atoms with Crippen molar-refractivity contribution in [2.24, 2.45) is 5.92 Å². The summed E-state index contributed by atoms with van der Waals surface area (Å²) in [5, 5.41) is 8.55. The number of benzene rings is 1.